The summed E-state index contributed by atoms with van der Waals surface area (Å²) in [4.78, 5) is 36.9. The van der Waals surface area contributed by atoms with E-state index in [1.807, 2.05) is 27.7 Å². The number of carbonyl (C=O) groups is 2. The fourth-order valence-corrected chi connectivity index (χ4v) is 3.76. The molecule has 1 fully saturated rings. The number of ether oxygens (including phenoxy) is 2. The van der Waals surface area contributed by atoms with Crippen molar-refractivity contribution in [1.82, 2.24) is 20.3 Å². The van der Waals surface area contributed by atoms with E-state index in [-0.39, 0.29) is 30.2 Å². The van der Waals surface area contributed by atoms with E-state index >= 15 is 0 Å². The maximum absolute atomic E-state index is 12.8. The van der Waals surface area contributed by atoms with E-state index in [0.717, 1.165) is 0 Å². The van der Waals surface area contributed by atoms with E-state index < -0.39 is 42.3 Å². The van der Waals surface area contributed by atoms with Gasteiger partial charge in [-0.25, -0.2) is 9.97 Å². The number of nitrogens with zero attached hydrogens (tertiary/aromatic N) is 2. The lowest BCUT2D eigenvalue weighted by atomic mass is 9.97. The summed E-state index contributed by atoms with van der Waals surface area (Å²) in [6, 6.07) is -2.16. The summed E-state index contributed by atoms with van der Waals surface area (Å²) in [7, 11) is 0. The topological polar surface area (TPSA) is 178 Å². The lowest BCUT2D eigenvalue weighted by molar-refractivity contribution is -0.172. The zero-order valence-electron chi connectivity index (χ0n) is 19.6. The Labute approximate surface area is 192 Å². The minimum atomic E-state index is -0.946. The van der Waals surface area contributed by atoms with Crippen LogP contribution in [0.25, 0.3) is 11.0 Å². The number of aliphatic hydroxyl groups excluding tert-OH is 1. The Balaban J connectivity index is 2.00. The number of hydrogen-bond donors (Lipinski definition) is 5. The molecular formula is C22H34N6O5. The van der Waals surface area contributed by atoms with Crippen LogP contribution in [0.15, 0.2) is 12.5 Å². The second-order valence-electron chi connectivity index (χ2n) is 9.27. The number of aromatic nitrogens is 3. The van der Waals surface area contributed by atoms with Gasteiger partial charge in [-0.3, -0.25) is 14.9 Å². The van der Waals surface area contributed by atoms with E-state index in [9.17, 15) is 14.7 Å². The zero-order chi connectivity index (χ0) is 24.4. The van der Waals surface area contributed by atoms with Crippen molar-refractivity contribution in [3.05, 3.63) is 18.1 Å². The molecule has 0 aliphatic carbocycles. The molecule has 0 aromatic carbocycles. The fourth-order valence-electron chi connectivity index (χ4n) is 3.76. The molecule has 1 saturated heterocycles. The minimum Gasteiger partial charge on any atom is -0.456 e. The van der Waals surface area contributed by atoms with Crippen LogP contribution < -0.4 is 16.8 Å². The Morgan fingerprint density at radius 1 is 1.09 bits per heavy atom. The molecule has 1 aliphatic rings. The van der Waals surface area contributed by atoms with E-state index in [1.165, 1.54) is 6.33 Å². The first-order chi connectivity index (χ1) is 15.6. The summed E-state index contributed by atoms with van der Waals surface area (Å²) in [5.41, 5.74) is 13.7. The summed E-state index contributed by atoms with van der Waals surface area (Å²) in [6.07, 6.45) is 1.15. The molecule has 0 radical (unpaired) electrons. The molecule has 6 atom stereocenters. The maximum atomic E-state index is 12.8. The van der Waals surface area contributed by atoms with Crippen molar-refractivity contribution in [3.8, 4) is 0 Å². The van der Waals surface area contributed by atoms with Crippen LogP contribution in [-0.4, -0.2) is 62.9 Å². The van der Waals surface area contributed by atoms with Gasteiger partial charge in [-0.05, 0) is 11.8 Å². The molecule has 3 heterocycles. The van der Waals surface area contributed by atoms with Crippen LogP contribution in [-0.2, 0) is 19.1 Å². The highest BCUT2D eigenvalue weighted by molar-refractivity contribution is 5.87. The highest BCUT2D eigenvalue weighted by Crippen LogP contribution is 2.36. The number of aliphatic hydroxyl groups is 1. The largest absolute Gasteiger partial charge is 0.456 e. The van der Waals surface area contributed by atoms with Crippen molar-refractivity contribution in [3.63, 3.8) is 0 Å². The predicted octanol–water partition coefficient (Wildman–Crippen LogP) is 0.644. The van der Waals surface area contributed by atoms with Crippen molar-refractivity contribution >= 4 is 28.8 Å². The van der Waals surface area contributed by atoms with E-state index in [1.54, 1.807) is 13.1 Å². The van der Waals surface area contributed by atoms with Crippen LogP contribution in [0.2, 0.25) is 0 Å². The molecule has 2 aromatic heterocycles. The zero-order valence-corrected chi connectivity index (χ0v) is 19.6. The van der Waals surface area contributed by atoms with Crippen LogP contribution in [0.5, 0.6) is 0 Å². The first kappa shape index (κ1) is 24.9. The second kappa shape index (κ2) is 10.0. The summed E-state index contributed by atoms with van der Waals surface area (Å²) in [5, 5.41) is 13.3. The van der Waals surface area contributed by atoms with Crippen LogP contribution >= 0.6 is 0 Å². The van der Waals surface area contributed by atoms with Crippen LogP contribution in [0.4, 0.5) is 5.82 Å². The van der Waals surface area contributed by atoms with Crippen molar-refractivity contribution in [2.24, 2.45) is 23.5 Å². The monoisotopic (exact) mass is 462 g/mol. The average Bonchev–Trinajstić information content (AvgIpc) is 3.34. The number of nitrogens with two attached hydrogens (primary N) is 2. The number of carbonyl (C=O) groups excluding carboxylic acids is 2. The first-order valence-corrected chi connectivity index (χ1v) is 11.2. The number of anilines is 1. The third-order valence-corrected chi connectivity index (χ3v) is 6.36. The number of H-pyrrole nitrogens is 1. The average molecular weight is 463 g/mol. The van der Waals surface area contributed by atoms with Gasteiger partial charge in [0, 0.05) is 11.8 Å². The summed E-state index contributed by atoms with van der Waals surface area (Å²) in [6.45, 7) is 8.90. The number of nitrogens with one attached hydrogen (secondary N) is 2. The molecule has 11 heteroatoms. The van der Waals surface area contributed by atoms with Gasteiger partial charge in [0.1, 0.15) is 17.9 Å². The van der Waals surface area contributed by atoms with Crippen molar-refractivity contribution < 1.29 is 24.2 Å². The number of fused-ring (bicyclic) bond motifs is 1. The van der Waals surface area contributed by atoms with Gasteiger partial charge in [-0.2, -0.15) is 0 Å². The number of aromatic amines is 1. The van der Waals surface area contributed by atoms with E-state index in [0.29, 0.717) is 16.6 Å². The van der Waals surface area contributed by atoms with Crippen LogP contribution in [0, 0.1) is 17.8 Å². The molecule has 0 spiro atoms. The Morgan fingerprint density at radius 2 is 1.76 bits per heavy atom. The molecule has 0 saturated carbocycles. The minimum absolute atomic E-state index is 0.0545. The SMILES string of the molecule is CC(C)C(C)C(=O)OC1C(CO)NC(c2c[nH]c3c(N)ncnc23)C1OC(=O)C(N)C(C)C. The standard InChI is InChI=1S/C22H34N6O5/c1-9(2)11(5)21(30)32-18-13(7-29)28-16(19(18)33-22(31)14(23)10(3)4)12-6-25-17-15(12)26-8-27-20(17)24/h6,8-11,13-14,16,18-19,25,28-29H,7,23H2,1-5H3,(H2,24,26,27). The van der Waals surface area contributed by atoms with Gasteiger partial charge in [-0.15, -0.1) is 0 Å². The molecular weight excluding hydrogens is 428 g/mol. The molecule has 182 valence electrons. The summed E-state index contributed by atoms with van der Waals surface area (Å²) >= 11 is 0. The molecule has 3 rings (SSSR count). The Hall–Kier alpha value is -2.76. The van der Waals surface area contributed by atoms with Crippen molar-refractivity contribution in [2.75, 3.05) is 12.3 Å². The molecule has 7 N–H and O–H groups in total. The highest BCUT2D eigenvalue weighted by atomic mass is 16.6. The van der Waals surface area contributed by atoms with Gasteiger partial charge in [0.2, 0.25) is 0 Å². The van der Waals surface area contributed by atoms with Crippen LogP contribution in [0.1, 0.15) is 46.2 Å². The quantitative estimate of drug-likeness (QED) is 0.350. The third-order valence-electron chi connectivity index (χ3n) is 6.36. The smallest absolute Gasteiger partial charge is 0.323 e. The predicted molar refractivity (Wildman–Crippen MR) is 122 cm³/mol. The molecule has 2 aromatic rings. The normalized spacial score (nSPS) is 24.9. The van der Waals surface area contributed by atoms with Crippen molar-refractivity contribution in [1.29, 1.82) is 0 Å². The molecule has 0 bridgehead atoms. The second-order valence-corrected chi connectivity index (χ2v) is 9.27. The lowest BCUT2D eigenvalue weighted by Crippen LogP contribution is -2.45. The van der Waals surface area contributed by atoms with Gasteiger partial charge in [0.25, 0.3) is 0 Å². The number of esters is 2. The Bertz CT molecular complexity index is 993. The molecule has 0 amide bonds. The summed E-state index contributed by atoms with van der Waals surface area (Å²) < 4.78 is 11.6. The highest BCUT2D eigenvalue weighted by Gasteiger charge is 2.50. The van der Waals surface area contributed by atoms with Gasteiger partial charge >= 0.3 is 11.9 Å². The fraction of sp³-hybridized carbons (Fsp3) is 0.636. The molecule has 33 heavy (non-hydrogen) atoms. The third kappa shape index (κ3) is 4.94. The van der Waals surface area contributed by atoms with Gasteiger partial charge in [-0.1, -0.05) is 34.6 Å². The Kier molecular flexibility index (Phi) is 7.55. The number of nitrogen functional groups attached to an aromatic ring is 1. The summed E-state index contributed by atoms with van der Waals surface area (Å²) in [5.74, 6) is -1.26. The maximum Gasteiger partial charge on any atom is 0.323 e. The number of hydrogen-bond acceptors (Lipinski definition) is 10. The molecule has 11 nitrogen and oxygen atoms in total. The van der Waals surface area contributed by atoms with Crippen molar-refractivity contribution in [2.45, 2.75) is 65.0 Å². The lowest BCUT2D eigenvalue weighted by Gasteiger charge is -2.28. The first-order valence-electron chi connectivity index (χ1n) is 11.2. The van der Waals surface area contributed by atoms with Gasteiger partial charge in [0.15, 0.2) is 18.0 Å². The van der Waals surface area contributed by atoms with E-state index in [4.69, 9.17) is 20.9 Å². The van der Waals surface area contributed by atoms with Gasteiger partial charge < -0.3 is 31.0 Å². The van der Waals surface area contributed by atoms with E-state index in [2.05, 4.69) is 20.3 Å². The van der Waals surface area contributed by atoms with Crippen LogP contribution in [0.3, 0.4) is 0 Å². The Morgan fingerprint density at radius 3 is 2.36 bits per heavy atom. The molecule has 6 unspecified atom stereocenters. The number of rotatable bonds is 8. The van der Waals surface area contributed by atoms with Gasteiger partial charge in [0.05, 0.1) is 30.1 Å². The molecule has 1 aliphatic heterocycles.